The number of nitrogens with zero attached hydrogens (tertiary/aromatic N) is 6. The third-order valence-electron chi connectivity index (χ3n) is 10.9. The molecule has 0 amide bonds. The fraction of sp³-hybridized carbons (Fsp3) is 0.719. The van der Waals surface area contributed by atoms with Crippen molar-refractivity contribution in [3.8, 4) is 5.95 Å². The largest absolute Gasteiger partial charge is 0.478 e. The first kappa shape index (κ1) is 38.3. The number of nitrogens with two attached hydrogens (primary N) is 1. The van der Waals surface area contributed by atoms with Crippen molar-refractivity contribution >= 4 is 47.9 Å². The van der Waals surface area contributed by atoms with E-state index < -0.39 is 55.5 Å². The molecular formula is C32H57N7O6Si3. The number of carboxylic acid groups (broad SMARTS) is 1. The van der Waals surface area contributed by atoms with E-state index in [-0.39, 0.29) is 32.4 Å². The van der Waals surface area contributed by atoms with Crippen molar-refractivity contribution in [1.29, 1.82) is 0 Å². The van der Waals surface area contributed by atoms with Crippen molar-refractivity contribution in [1.82, 2.24) is 29.3 Å². The van der Waals surface area contributed by atoms with Gasteiger partial charge in [-0.3, -0.25) is 4.57 Å². The fourth-order valence-electron chi connectivity index (χ4n) is 4.63. The predicted molar refractivity (Wildman–Crippen MR) is 195 cm³/mol. The lowest BCUT2D eigenvalue weighted by molar-refractivity contribution is -0.0470. The lowest BCUT2D eigenvalue weighted by Gasteiger charge is -2.44. The van der Waals surface area contributed by atoms with Crippen molar-refractivity contribution in [2.45, 2.75) is 141 Å². The first-order chi connectivity index (χ1) is 21.7. The van der Waals surface area contributed by atoms with Crippen LogP contribution in [-0.2, 0) is 18.0 Å². The van der Waals surface area contributed by atoms with Crippen LogP contribution in [0.25, 0.3) is 17.1 Å². The van der Waals surface area contributed by atoms with Crippen LogP contribution in [0.1, 0.15) is 78.9 Å². The summed E-state index contributed by atoms with van der Waals surface area (Å²) in [5.74, 6) is -0.863. The van der Waals surface area contributed by atoms with Crippen LogP contribution in [0.5, 0.6) is 0 Å². The Morgan fingerprint density at radius 2 is 1.44 bits per heavy atom. The molecule has 13 nitrogen and oxygen atoms in total. The average Bonchev–Trinajstić information content (AvgIpc) is 3.64. The number of rotatable bonds is 10. The number of carboxylic acids is 1. The standard InChI is InChI=1S/C32H57N7O6Si3/c1-30(2,3)46(10,11)42-18-21-23(44-47(12,13)31(4,5)6)24(45-48(14,15)32(7,8)9)27(43-21)38-19-34-22-25(33)36-29(37-26(22)38)39-17-20(16-35-39)28(40)41/h16-17,19,21,23-24,27H,18H2,1-15H3,(H,40,41)(H2,33,36,37)/t21?,23-,24-,27?/m1/s1. The zero-order chi connectivity index (χ0) is 36.4. The third-order valence-corrected chi connectivity index (χ3v) is 24.4. The summed E-state index contributed by atoms with van der Waals surface area (Å²) < 4.78 is 31.5. The van der Waals surface area contributed by atoms with Gasteiger partial charge in [-0.1, -0.05) is 62.3 Å². The Hall–Kier alpha value is -2.48. The normalized spacial score (nSPS) is 21.7. The quantitative estimate of drug-likeness (QED) is 0.208. The smallest absolute Gasteiger partial charge is 0.338 e. The molecule has 48 heavy (non-hydrogen) atoms. The van der Waals surface area contributed by atoms with Gasteiger partial charge >= 0.3 is 5.97 Å². The van der Waals surface area contributed by atoms with Gasteiger partial charge in [0, 0.05) is 6.20 Å². The van der Waals surface area contributed by atoms with Crippen LogP contribution in [0.15, 0.2) is 18.7 Å². The minimum Gasteiger partial charge on any atom is -0.478 e. The van der Waals surface area contributed by atoms with Crippen LogP contribution in [0.2, 0.25) is 54.4 Å². The van der Waals surface area contributed by atoms with E-state index in [1.807, 2.05) is 4.57 Å². The number of aromatic nitrogens is 6. The molecule has 1 aliphatic rings. The zero-order valence-corrected chi connectivity index (χ0v) is 34.5. The van der Waals surface area contributed by atoms with E-state index in [1.165, 1.54) is 17.1 Å². The van der Waals surface area contributed by atoms with Crippen molar-refractivity contribution < 1.29 is 27.9 Å². The maximum Gasteiger partial charge on any atom is 0.338 e. The van der Waals surface area contributed by atoms with E-state index in [4.69, 9.17) is 28.7 Å². The first-order valence-corrected chi connectivity index (χ1v) is 25.3. The Morgan fingerprint density at radius 3 is 1.94 bits per heavy atom. The van der Waals surface area contributed by atoms with Crippen LogP contribution < -0.4 is 5.73 Å². The summed E-state index contributed by atoms with van der Waals surface area (Å²) in [6.45, 7) is 33.8. The summed E-state index contributed by atoms with van der Waals surface area (Å²) in [5, 5.41) is 13.5. The Morgan fingerprint density at radius 1 is 0.896 bits per heavy atom. The van der Waals surface area contributed by atoms with Crippen LogP contribution in [0.3, 0.4) is 0 Å². The minimum absolute atomic E-state index is 0.00271. The van der Waals surface area contributed by atoms with Crippen LogP contribution >= 0.6 is 0 Å². The van der Waals surface area contributed by atoms with Gasteiger partial charge in [-0.25, -0.2) is 14.5 Å². The van der Waals surface area contributed by atoms with Gasteiger partial charge < -0.3 is 28.9 Å². The molecule has 3 aromatic rings. The maximum absolute atomic E-state index is 11.5. The van der Waals surface area contributed by atoms with Crippen LogP contribution in [0.4, 0.5) is 5.82 Å². The lowest BCUT2D eigenvalue weighted by atomic mass is 10.1. The molecule has 0 aliphatic carbocycles. The Bertz CT molecular complexity index is 1640. The number of ether oxygens (including phenoxy) is 1. The number of hydrogen-bond donors (Lipinski definition) is 2. The molecule has 0 spiro atoms. The molecule has 1 saturated heterocycles. The van der Waals surface area contributed by atoms with Crippen molar-refractivity contribution in [2.24, 2.45) is 0 Å². The van der Waals surface area contributed by atoms with Crippen LogP contribution in [-0.4, -0.2) is 90.2 Å². The highest BCUT2D eigenvalue weighted by molar-refractivity contribution is 6.75. The Labute approximate surface area is 288 Å². The molecular weight excluding hydrogens is 663 g/mol. The molecule has 0 saturated carbocycles. The van der Waals surface area contributed by atoms with Crippen molar-refractivity contribution in [2.75, 3.05) is 12.3 Å². The molecule has 0 radical (unpaired) electrons. The van der Waals surface area contributed by atoms with Crippen molar-refractivity contribution in [3.63, 3.8) is 0 Å². The first-order valence-electron chi connectivity index (χ1n) is 16.6. The van der Waals surface area contributed by atoms with Gasteiger partial charge in [0.05, 0.1) is 24.7 Å². The second kappa shape index (κ2) is 12.7. The molecule has 1 fully saturated rings. The number of nitrogen functional groups attached to an aromatic ring is 1. The number of aromatic carboxylic acids is 1. The highest BCUT2D eigenvalue weighted by Gasteiger charge is 2.55. The fourth-order valence-corrected chi connectivity index (χ4v) is 8.25. The second-order valence-electron chi connectivity index (χ2n) is 17.5. The topological polar surface area (TPSA) is 162 Å². The van der Waals surface area contributed by atoms with E-state index >= 15 is 0 Å². The molecule has 1 aliphatic heterocycles. The van der Waals surface area contributed by atoms with Crippen LogP contribution in [0, 0.1) is 0 Å². The average molecular weight is 720 g/mol. The molecule has 4 atom stereocenters. The van der Waals surface area contributed by atoms with E-state index in [2.05, 4.69) is 117 Å². The predicted octanol–water partition coefficient (Wildman–Crippen LogP) is 6.99. The summed E-state index contributed by atoms with van der Waals surface area (Å²) in [6.07, 6.45) is 2.16. The Balaban J connectivity index is 1.89. The van der Waals surface area contributed by atoms with Gasteiger partial charge in [0.25, 0.3) is 5.95 Å². The number of carbonyl (C=O) groups is 1. The monoisotopic (exact) mass is 719 g/mol. The zero-order valence-electron chi connectivity index (χ0n) is 31.5. The van der Waals surface area contributed by atoms with E-state index in [0.29, 0.717) is 17.8 Å². The van der Waals surface area contributed by atoms with Gasteiger partial charge in [0.1, 0.15) is 23.8 Å². The van der Waals surface area contributed by atoms with E-state index in [0.717, 1.165) is 0 Å². The molecule has 2 unspecified atom stereocenters. The highest BCUT2D eigenvalue weighted by Crippen LogP contribution is 2.47. The summed E-state index contributed by atoms with van der Waals surface area (Å²) in [7, 11) is -6.89. The molecule has 0 bridgehead atoms. The van der Waals surface area contributed by atoms with E-state index in [1.54, 1.807) is 6.33 Å². The summed E-state index contributed by atoms with van der Waals surface area (Å²) >= 11 is 0. The van der Waals surface area contributed by atoms with Gasteiger partial charge in [-0.05, 0) is 54.4 Å². The second-order valence-corrected chi connectivity index (χ2v) is 31.9. The maximum atomic E-state index is 11.5. The Kier molecular flexibility index (Phi) is 10.1. The summed E-state index contributed by atoms with van der Waals surface area (Å²) in [6, 6.07) is 0. The van der Waals surface area contributed by atoms with Gasteiger partial charge in [0.2, 0.25) is 0 Å². The SMILES string of the molecule is CC(C)(C)[Si](C)(C)OCC1OC(n2cnc3c(N)nc(-n4cc(C(=O)O)cn4)nc32)[C@H](O[Si](C)(C)C(C)(C)C)[C@@H]1O[Si](C)(C)C(C)(C)C. The number of imidazole rings is 1. The molecule has 4 rings (SSSR count). The molecule has 4 heterocycles. The summed E-state index contributed by atoms with van der Waals surface area (Å²) in [5.41, 5.74) is 7.21. The van der Waals surface area contributed by atoms with E-state index in [9.17, 15) is 9.90 Å². The summed E-state index contributed by atoms with van der Waals surface area (Å²) in [4.78, 5) is 25.3. The lowest BCUT2D eigenvalue weighted by Crippen LogP contribution is -2.54. The molecule has 16 heteroatoms. The molecule has 0 aromatic carbocycles. The number of hydrogen-bond acceptors (Lipinski definition) is 10. The number of anilines is 1. The molecule has 3 N–H and O–H groups in total. The molecule has 268 valence electrons. The van der Waals surface area contributed by atoms with Gasteiger partial charge in [0.15, 0.2) is 42.6 Å². The van der Waals surface area contributed by atoms with Crippen molar-refractivity contribution in [3.05, 3.63) is 24.3 Å². The van der Waals surface area contributed by atoms with Gasteiger partial charge in [-0.15, -0.1) is 0 Å². The van der Waals surface area contributed by atoms with Gasteiger partial charge in [-0.2, -0.15) is 15.1 Å². The minimum atomic E-state index is -2.39. The third kappa shape index (κ3) is 7.49. The number of fused-ring (bicyclic) bond motifs is 1. The highest BCUT2D eigenvalue weighted by atomic mass is 28.4. The molecule has 3 aromatic heterocycles.